The maximum Gasteiger partial charge on any atom is 0.244 e. The number of amides is 1. The third kappa shape index (κ3) is 5.42. The highest BCUT2D eigenvalue weighted by Gasteiger charge is 2.23. The number of benzene rings is 1. The second-order valence-corrected chi connectivity index (χ2v) is 8.92. The minimum absolute atomic E-state index is 0.0607. The Morgan fingerprint density at radius 1 is 1.10 bits per heavy atom. The molecular weight excluding hydrogens is 400 g/mol. The van der Waals surface area contributed by atoms with E-state index >= 15 is 0 Å². The van der Waals surface area contributed by atoms with Crippen LogP contribution < -0.4 is 5.32 Å². The first-order valence-corrected chi connectivity index (χ1v) is 11.5. The molecule has 6 heteroatoms. The van der Waals surface area contributed by atoms with Crippen molar-refractivity contribution >= 4 is 34.7 Å². The van der Waals surface area contributed by atoms with Crippen molar-refractivity contribution in [1.82, 2.24) is 10.2 Å². The molecule has 1 N–H and O–H groups in total. The summed E-state index contributed by atoms with van der Waals surface area (Å²) in [6, 6.07) is 18.9. The summed E-state index contributed by atoms with van der Waals surface area (Å²) in [5.41, 5.74) is 1.20. The van der Waals surface area contributed by atoms with Crippen molar-refractivity contribution in [2.45, 2.75) is 6.04 Å². The highest BCUT2D eigenvalue weighted by atomic mass is 32.1. The first-order valence-electron chi connectivity index (χ1n) is 9.76. The topological polar surface area (TPSA) is 41.6 Å². The minimum atomic E-state index is -0.0607. The molecule has 150 valence electrons. The van der Waals surface area contributed by atoms with Crippen molar-refractivity contribution in [2.24, 2.45) is 0 Å². The molecule has 0 radical (unpaired) electrons. The number of hydrogen-bond acceptors (Lipinski definition) is 5. The number of nitrogens with one attached hydrogen (secondary N) is 1. The zero-order chi connectivity index (χ0) is 19.9. The largest absolute Gasteiger partial charge is 0.379 e. The number of hydrogen-bond donors (Lipinski definition) is 1. The fraction of sp³-hybridized carbons (Fsp3) is 0.261. The summed E-state index contributed by atoms with van der Waals surface area (Å²) in [7, 11) is 0. The molecule has 1 amide bonds. The lowest BCUT2D eigenvalue weighted by molar-refractivity contribution is -0.116. The summed E-state index contributed by atoms with van der Waals surface area (Å²) in [4.78, 5) is 18.4. The molecule has 0 bridgehead atoms. The predicted octanol–water partition coefficient (Wildman–Crippen LogP) is 4.68. The Balaban J connectivity index is 1.35. The molecule has 3 heterocycles. The van der Waals surface area contributed by atoms with Gasteiger partial charge in [0.2, 0.25) is 5.91 Å². The van der Waals surface area contributed by atoms with E-state index in [9.17, 15) is 4.79 Å². The Morgan fingerprint density at radius 2 is 1.93 bits per heavy atom. The molecule has 1 unspecified atom stereocenters. The van der Waals surface area contributed by atoms with Gasteiger partial charge >= 0.3 is 0 Å². The van der Waals surface area contributed by atoms with Crippen LogP contribution in [-0.2, 0) is 9.53 Å². The van der Waals surface area contributed by atoms with Crippen molar-refractivity contribution in [2.75, 3.05) is 32.8 Å². The molecule has 2 aromatic heterocycles. The van der Waals surface area contributed by atoms with E-state index in [1.807, 2.05) is 24.3 Å². The minimum Gasteiger partial charge on any atom is -0.379 e. The van der Waals surface area contributed by atoms with Crippen LogP contribution in [0.5, 0.6) is 0 Å². The fourth-order valence-corrected chi connectivity index (χ4v) is 5.17. The van der Waals surface area contributed by atoms with E-state index < -0.39 is 0 Å². The summed E-state index contributed by atoms with van der Waals surface area (Å²) < 4.78 is 5.48. The van der Waals surface area contributed by atoms with Crippen LogP contribution in [0.25, 0.3) is 16.5 Å². The van der Waals surface area contributed by atoms with Gasteiger partial charge in [0, 0.05) is 40.3 Å². The normalized spacial score (nSPS) is 16.1. The van der Waals surface area contributed by atoms with Crippen LogP contribution in [0, 0.1) is 0 Å². The van der Waals surface area contributed by atoms with Crippen LogP contribution in [0.15, 0.2) is 66.1 Å². The van der Waals surface area contributed by atoms with Crippen molar-refractivity contribution in [3.05, 3.63) is 75.8 Å². The molecule has 0 saturated carbocycles. The van der Waals surface area contributed by atoms with E-state index in [0.29, 0.717) is 6.54 Å². The number of carbonyl (C=O) groups is 1. The number of morpholine rings is 1. The van der Waals surface area contributed by atoms with Gasteiger partial charge in [-0.15, -0.1) is 22.7 Å². The predicted molar refractivity (Wildman–Crippen MR) is 121 cm³/mol. The summed E-state index contributed by atoms with van der Waals surface area (Å²) in [5, 5.41) is 5.17. The van der Waals surface area contributed by atoms with Gasteiger partial charge in [-0.25, -0.2) is 0 Å². The van der Waals surface area contributed by atoms with E-state index in [0.717, 1.165) is 31.2 Å². The smallest absolute Gasteiger partial charge is 0.244 e. The van der Waals surface area contributed by atoms with Crippen LogP contribution in [0.4, 0.5) is 0 Å². The van der Waals surface area contributed by atoms with Crippen LogP contribution in [-0.4, -0.2) is 43.7 Å². The van der Waals surface area contributed by atoms with Gasteiger partial charge in [-0.05, 0) is 35.2 Å². The van der Waals surface area contributed by atoms with Gasteiger partial charge < -0.3 is 10.1 Å². The molecule has 1 aliphatic heterocycles. The van der Waals surface area contributed by atoms with Crippen LogP contribution in [0.2, 0.25) is 0 Å². The summed E-state index contributed by atoms with van der Waals surface area (Å²) in [5.74, 6) is -0.0607. The zero-order valence-electron chi connectivity index (χ0n) is 16.1. The van der Waals surface area contributed by atoms with Gasteiger partial charge in [-0.3, -0.25) is 9.69 Å². The van der Waals surface area contributed by atoms with E-state index in [2.05, 4.69) is 52.0 Å². The number of nitrogens with zero attached hydrogens (tertiary/aromatic N) is 1. The molecule has 29 heavy (non-hydrogen) atoms. The Bertz CT molecular complexity index is 929. The molecule has 1 aromatic carbocycles. The molecule has 1 atom stereocenters. The first-order chi connectivity index (χ1) is 14.3. The summed E-state index contributed by atoms with van der Waals surface area (Å²) >= 11 is 3.42. The molecule has 0 aliphatic carbocycles. The van der Waals surface area contributed by atoms with E-state index in [4.69, 9.17) is 4.74 Å². The average molecular weight is 425 g/mol. The Hall–Kier alpha value is -2.25. The third-order valence-electron chi connectivity index (χ3n) is 4.91. The first kappa shape index (κ1) is 20.0. The molecule has 1 fully saturated rings. The molecule has 4 nitrogen and oxygen atoms in total. The van der Waals surface area contributed by atoms with E-state index in [1.165, 1.54) is 15.3 Å². The van der Waals surface area contributed by atoms with Gasteiger partial charge in [0.25, 0.3) is 0 Å². The van der Waals surface area contributed by atoms with Gasteiger partial charge in [0.15, 0.2) is 0 Å². The lowest BCUT2D eigenvalue weighted by atomic mass is 10.2. The second-order valence-electron chi connectivity index (χ2n) is 6.83. The lowest BCUT2D eigenvalue weighted by Gasteiger charge is -2.34. The average Bonchev–Trinajstić information content (AvgIpc) is 3.46. The molecule has 3 aromatic rings. The molecule has 0 spiro atoms. The molecular formula is C23H24N2O2S2. The van der Waals surface area contributed by atoms with Crippen LogP contribution in [0.1, 0.15) is 15.8 Å². The number of ether oxygens (including phenoxy) is 1. The summed E-state index contributed by atoms with van der Waals surface area (Å²) in [6.45, 7) is 3.89. The number of thiophene rings is 2. The van der Waals surface area contributed by atoms with E-state index in [1.54, 1.807) is 28.7 Å². The Morgan fingerprint density at radius 3 is 2.69 bits per heavy atom. The number of rotatable bonds is 7. The van der Waals surface area contributed by atoms with E-state index in [-0.39, 0.29) is 11.9 Å². The van der Waals surface area contributed by atoms with Gasteiger partial charge in [0.05, 0.1) is 19.3 Å². The third-order valence-corrected chi connectivity index (χ3v) is 6.98. The second kappa shape index (κ2) is 9.98. The maximum absolute atomic E-state index is 12.4. The molecule has 1 saturated heterocycles. The van der Waals surface area contributed by atoms with Crippen molar-refractivity contribution < 1.29 is 9.53 Å². The van der Waals surface area contributed by atoms with Crippen LogP contribution >= 0.6 is 22.7 Å². The van der Waals surface area contributed by atoms with Gasteiger partial charge in [0.1, 0.15) is 0 Å². The van der Waals surface area contributed by atoms with Crippen molar-refractivity contribution in [3.63, 3.8) is 0 Å². The fourth-order valence-electron chi connectivity index (χ4n) is 3.39. The van der Waals surface area contributed by atoms with Crippen molar-refractivity contribution in [1.29, 1.82) is 0 Å². The molecule has 4 rings (SSSR count). The lowest BCUT2D eigenvalue weighted by Crippen LogP contribution is -2.43. The maximum atomic E-state index is 12.4. The Kier molecular flexibility index (Phi) is 6.90. The van der Waals surface area contributed by atoms with Crippen molar-refractivity contribution in [3.8, 4) is 10.4 Å². The highest BCUT2D eigenvalue weighted by molar-refractivity contribution is 7.16. The Labute approximate surface area is 179 Å². The SMILES string of the molecule is O=C(C=Cc1ccc(-c2ccccc2)s1)NCC(c1cccs1)N1CCOCC1. The van der Waals surface area contributed by atoms with Gasteiger partial charge in [-0.2, -0.15) is 0 Å². The summed E-state index contributed by atoms with van der Waals surface area (Å²) in [6.07, 6.45) is 3.52. The highest BCUT2D eigenvalue weighted by Crippen LogP contribution is 2.28. The zero-order valence-corrected chi connectivity index (χ0v) is 17.8. The van der Waals surface area contributed by atoms with Crippen LogP contribution in [0.3, 0.4) is 0 Å². The standard InChI is InChI=1S/C23H24N2O2S2/c26-23(11-9-19-8-10-21(29-19)18-5-2-1-3-6-18)24-17-20(22-7-4-16-28-22)25-12-14-27-15-13-25/h1-11,16,20H,12-15,17H2,(H,24,26). The monoisotopic (exact) mass is 424 g/mol. The van der Waals surface area contributed by atoms with Gasteiger partial charge in [-0.1, -0.05) is 36.4 Å². The quantitative estimate of drug-likeness (QED) is 0.560. The number of carbonyl (C=O) groups excluding carboxylic acids is 1. The molecule has 1 aliphatic rings.